The molecule has 1 heterocycles. The smallest absolute Gasteiger partial charge is 0.244 e. The van der Waals surface area contributed by atoms with Gasteiger partial charge in [-0.2, -0.15) is 4.80 Å². The molecule has 1 amide bonds. The zero-order valence-electron chi connectivity index (χ0n) is 13.1. The first kappa shape index (κ1) is 15.8. The van der Waals surface area contributed by atoms with Crippen molar-refractivity contribution in [3.63, 3.8) is 0 Å². The highest BCUT2D eigenvalue weighted by Crippen LogP contribution is 2.14. The highest BCUT2D eigenvalue weighted by molar-refractivity contribution is 5.76. The molecule has 0 fully saturated rings. The number of nitrogens with zero attached hydrogens (tertiary/aromatic N) is 4. The van der Waals surface area contributed by atoms with Gasteiger partial charge in [0.05, 0.1) is 6.04 Å². The summed E-state index contributed by atoms with van der Waals surface area (Å²) in [6, 6.07) is 15.3. The molecule has 0 spiro atoms. The summed E-state index contributed by atoms with van der Waals surface area (Å²) in [5.74, 6) is -0.200. The number of amides is 1. The van der Waals surface area contributed by atoms with E-state index in [-0.39, 0.29) is 24.3 Å². The zero-order valence-corrected chi connectivity index (χ0v) is 13.1. The van der Waals surface area contributed by atoms with Gasteiger partial charge in [-0.15, -0.1) is 10.2 Å². The first-order chi connectivity index (χ1) is 11.6. The summed E-state index contributed by atoms with van der Waals surface area (Å²) >= 11 is 0. The Labute approximate surface area is 138 Å². The third-order valence-corrected chi connectivity index (χ3v) is 3.52. The Morgan fingerprint density at radius 1 is 1.17 bits per heavy atom. The van der Waals surface area contributed by atoms with Crippen LogP contribution in [0.3, 0.4) is 0 Å². The predicted octanol–water partition coefficient (Wildman–Crippen LogP) is 2.36. The summed E-state index contributed by atoms with van der Waals surface area (Å²) in [5, 5.41) is 14.8. The Balaban J connectivity index is 1.62. The van der Waals surface area contributed by atoms with Crippen LogP contribution in [0.25, 0.3) is 11.4 Å². The lowest BCUT2D eigenvalue weighted by Crippen LogP contribution is -2.30. The van der Waals surface area contributed by atoms with Gasteiger partial charge in [-0.25, -0.2) is 4.39 Å². The monoisotopic (exact) mass is 325 g/mol. The Morgan fingerprint density at radius 2 is 1.88 bits per heavy atom. The molecule has 3 rings (SSSR count). The maximum Gasteiger partial charge on any atom is 0.244 e. The standard InChI is InChI=1S/C17H16FN5O/c1-12(13-5-3-2-4-6-13)19-16(24)11-23-21-17(20-22-23)14-7-9-15(18)10-8-14/h2-10,12H,11H2,1H3,(H,19,24). The van der Waals surface area contributed by atoms with Gasteiger partial charge >= 0.3 is 0 Å². The third kappa shape index (κ3) is 3.81. The lowest BCUT2D eigenvalue weighted by Gasteiger charge is -2.13. The van der Waals surface area contributed by atoms with Gasteiger partial charge in [-0.05, 0) is 42.0 Å². The number of carbonyl (C=O) groups is 1. The van der Waals surface area contributed by atoms with E-state index >= 15 is 0 Å². The van der Waals surface area contributed by atoms with E-state index in [1.165, 1.54) is 16.9 Å². The Hall–Kier alpha value is -3.09. The molecule has 1 aromatic heterocycles. The fourth-order valence-electron chi connectivity index (χ4n) is 2.27. The summed E-state index contributed by atoms with van der Waals surface area (Å²) in [7, 11) is 0. The molecule has 6 nitrogen and oxygen atoms in total. The Morgan fingerprint density at radius 3 is 2.58 bits per heavy atom. The van der Waals surface area contributed by atoms with E-state index < -0.39 is 0 Å². The van der Waals surface area contributed by atoms with Gasteiger partial charge in [-0.1, -0.05) is 30.3 Å². The number of carbonyl (C=O) groups excluding carboxylic acids is 1. The Bertz CT molecular complexity index is 817. The molecule has 1 atom stereocenters. The van der Waals surface area contributed by atoms with E-state index in [2.05, 4.69) is 20.7 Å². The van der Waals surface area contributed by atoms with Gasteiger partial charge in [0.25, 0.3) is 0 Å². The van der Waals surface area contributed by atoms with Crippen molar-refractivity contribution in [1.82, 2.24) is 25.5 Å². The average Bonchev–Trinajstić information content (AvgIpc) is 3.04. The number of benzene rings is 2. The quantitative estimate of drug-likeness (QED) is 0.781. The largest absolute Gasteiger partial charge is 0.348 e. The highest BCUT2D eigenvalue weighted by atomic mass is 19.1. The summed E-state index contributed by atoms with van der Waals surface area (Å²) in [6.07, 6.45) is 0. The van der Waals surface area contributed by atoms with E-state index in [0.29, 0.717) is 11.4 Å². The molecule has 0 saturated heterocycles. The number of rotatable bonds is 5. The van der Waals surface area contributed by atoms with Crippen LogP contribution in [0.4, 0.5) is 4.39 Å². The van der Waals surface area contributed by atoms with Gasteiger partial charge in [-0.3, -0.25) is 4.79 Å². The number of hydrogen-bond donors (Lipinski definition) is 1. The SMILES string of the molecule is CC(NC(=O)Cn1nnc(-c2ccc(F)cc2)n1)c1ccccc1. The van der Waals surface area contributed by atoms with Crippen LogP contribution in [-0.2, 0) is 11.3 Å². The van der Waals surface area contributed by atoms with E-state index in [0.717, 1.165) is 5.56 Å². The van der Waals surface area contributed by atoms with Crippen molar-refractivity contribution in [1.29, 1.82) is 0 Å². The van der Waals surface area contributed by atoms with Gasteiger partial charge in [0.1, 0.15) is 12.4 Å². The molecule has 24 heavy (non-hydrogen) atoms. The Kier molecular flexibility index (Phi) is 4.60. The molecule has 0 bridgehead atoms. The van der Waals surface area contributed by atoms with Crippen molar-refractivity contribution < 1.29 is 9.18 Å². The van der Waals surface area contributed by atoms with E-state index in [4.69, 9.17) is 0 Å². The van der Waals surface area contributed by atoms with E-state index in [9.17, 15) is 9.18 Å². The third-order valence-electron chi connectivity index (χ3n) is 3.52. The second-order valence-electron chi connectivity index (χ2n) is 5.35. The summed E-state index contributed by atoms with van der Waals surface area (Å²) in [6.45, 7) is 1.87. The second-order valence-corrected chi connectivity index (χ2v) is 5.35. The highest BCUT2D eigenvalue weighted by Gasteiger charge is 2.12. The molecule has 0 saturated carbocycles. The van der Waals surface area contributed by atoms with Crippen molar-refractivity contribution in [2.24, 2.45) is 0 Å². The topological polar surface area (TPSA) is 72.7 Å². The number of hydrogen-bond acceptors (Lipinski definition) is 4. The minimum absolute atomic E-state index is 0.0363. The van der Waals surface area contributed by atoms with Gasteiger partial charge in [0.15, 0.2) is 0 Å². The van der Waals surface area contributed by atoms with Crippen molar-refractivity contribution in [3.05, 3.63) is 66.0 Å². The van der Waals surface area contributed by atoms with E-state index in [1.54, 1.807) is 12.1 Å². The molecular formula is C17H16FN5O. The van der Waals surface area contributed by atoms with Crippen LogP contribution in [0, 0.1) is 5.82 Å². The van der Waals surface area contributed by atoms with Crippen LogP contribution in [-0.4, -0.2) is 26.1 Å². The zero-order chi connectivity index (χ0) is 16.9. The minimum atomic E-state index is -0.333. The maximum absolute atomic E-state index is 12.9. The van der Waals surface area contributed by atoms with Crippen molar-refractivity contribution in [2.75, 3.05) is 0 Å². The number of tetrazole rings is 1. The molecule has 0 aliphatic carbocycles. The first-order valence-corrected chi connectivity index (χ1v) is 7.50. The van der Waals surface area contributed by atoms with Gasteiger partial charge < -0.3 is 5.32 Å². The maximum atomic E-state index is 12.9. The summed E-state index contributed by atoms with van der Waals surface area (Å²) in [5.41, 5.74) is 1.66. The minimum Gasteiger partial charge on any atom is -0.348 e. The lowest BCUT2D eigenvalue weighted by molar-refractivity contribution is -0.122. The van der Waals surface area contributed by atoms with Crippen LogP contribution in [0.1, 0.15) is 18.5 Å². The molecule has 0 aliphatic rings. The van der Waals surface area contributed by atoms with Crippen molar-refractivity contribution in [3.8, 4) is 11.4 Å². The molecule has 1 N–H and O–H groups in total. The second kappa shape index (κ2) is 6.99. The summed E-state index contributed by atoms with van der Waals surface area (Å²) < 4.78 is 12.9. The van der Waals surface area contributed by atoms with Crippen LogP contribution in [0.5, 0.6) is 0 Å². The van der Waals surface area contributed by atoms with Crippen LogP contribution in [0.2, 0.25) is 0 Å². The predicted molar refractivity (Wildman–Crippen MR) is 86.2 cm³/mol. The van der Waals surface area contributed by atoms with Crippen LogP contribution >= 0.6 is 0 Å². The number of nitrogens with one attached hydrogen (secondary N) is 1. The van der Waals surface area contributed by atoms with Crippen LogP contribution in [0.15, 0.2) is 54.6 Å². The average molecular weight is 325 g/mol. The molecule has 122 valence electrons. The molecular weight excluding hydrogens is 309 g/mol. The lowest BCUT2D eigenvalue weighted by atomic mass is 10.1. The fourth-order valence-corrected chi connectivity index (χ4v) is 2.27. The molecule has 3 aromatic rings. The summed E-state index contributed by atoms with van der Waals surface area (Å²) in [4.78, 5) is 13.3. The fraction of sp³-hybridized carbons (Fsp3) is 0.176. The van der Waals surface area contributed by atoms with Crippen molar-refractivity contribution >= 4 is 5.91 Å². The number of halogens is 1. The first-order valence-electron chi connectivity index (χ1n) is 7.50. The van der Waals surface area contributed by atoms with Crippen molar-refractivity contribution in [2.45, 2.75) is 19.5 Å². The van der Waals surface area contributed by atoms with Crippen LogP contribution < -0.4 is 5.32 Å². The van der Waals surface area contributed by atoms with Gasteiger partial charge in [0, 0.05) is 5.56 Å². The molecule has 0 radical (unpaired) electrons. The molecule has 7 heteroatoms. The molecule has 0 aliphatic heterocycles. The van der Waals surface area contributed by atoms with E-state index in [1.807, 2.05) is 37.3 Å². The molecule has 2 aromatic carbocycles. The molecule has 1 unspecified atom stereocenters. The number of aromatic nitrogens is 4. The normalized spacial score (nSPS) is 11.9. The van der Waals surface area contributed by atoms with Gasteiger partial charge in [0.2, 0.25) is 11.7 Å².